The normalized spacial score (nSPS) is 43.3. The molecule has 1 N–H and O–H groups in total. The zero-order valence-electron chi connectivity index (χ0n) is 18.1. The number of methoxy groups -OCH3 is 1. The smallest absolute Gasteiger partial charge is 0.303 e. The average Bonchev–Trinajstić information content (AvgIpc) is 2.97. The molecule has 0 aromatic carbocycles. The fourth-order valence-electron chi connectivity index (χ4n) is 7.22. The minimum absolute atomic E-state index is 0.148. The first-order valence-corrected chi connectivity index (χ1v) is 11.0. The van der Waals surface area contributed by atoms with Gasteiger partial charge in [-0.1, -0.05) is 19.9 Å². The molecule has 160 valence electrons. The van der Waals surface area contributed by atoms with Crippen LogP contribution in [0.4, 0.5) is 0 Å². The van der Waals surface area contributed by atoms with E-state index < -0.39 is 17.0 Å². The Kier molecular flexibility index (Phi) is 4.96. The fraction of sp³-hybridized carbons (Fsp3) is 0.750. The Morgan fingerprint density at radius 3 is 2.59 bits per heavy atom. The van der Waals surface area contributed by atoms with E-state index in [1.54, 1.807) is 7.11 Å². The van der Waals surface area contributed by atoms with E-state index in [2.05, 4.69) is 26.0 Å². The number of hydrogen-bond acceptors (Lipinski definition) is 5. The summed E-state index contributed by atoms with van der Waals surface area (Å²) in [6.45, 7) is 5.46. The second-order valence-corrected chi connectivity index (χ2v) is 10.1. The molecule has 2 saturated carbocycles. The largest absolute Gasteiger partial charge is 0.501 e. The Labute approximate surface area is 173 Å². The Hall–Kier alpha value is -1.62. The van der Waals surface area contributed by atoms with Gasteiger partial charge >= 0.3 is 5.97 Å². The molecule has 5 nitrogen and oxygen atoms in total. The summed E-state index contributed by atoms with van der Waals surface area (Å²) in [7, 11) is 1.75. The van der Waals surface area contributed by atoms with E-state index in [0.29, 0.717) is 24.2 Å². The van der Waals surface area contributed by atoms with Gasteiger partial charge in [-0.15, -0.1) is 0 Å². The number of hydrogen-bond donors (Lipinski definition) is 1. The molecule has 0 spiro atoms. The van der Waals surface area contributed by atoms with Crippen LogP contribution in [0.3, 0.4) is 0 Å². The monoisotopic (exact) mass is 402 g/mol. The van der Waals surface area contributed by atoms with Gasteiger partial charge in [0, 0.05) is 18.8 Å². The van der Waals surface area contributed by atoms with Crippen molar-refractivity contribution in [2.75, 3.05) is 13.7 Å². The van der Waals surface area contributed by atoms with E-state index in [-0.39, 0.29) is 17.8 Å². The average molecular weight is 403 g/mol. The number of ether oxygens (including phenoxy) is 2. The van der Waals surface area contributed by atoms with Crippen molar-refractivity contribution in [2.24, 2.45) is 28.6 Å². The number of carbonyl (C=O) groups excluding carboxylic acids is 2. The molecule has 4 aliphatic rings. The highest BCUT2D eigenvalue weighted by molar-refractivity contribution is 5.90. The second kappa shape index (κ2) is 6.97. The lowest BCUT2D eigenvalue weighted by molar-refractivity contribution is -0.168. The van der Waals surface area contributed by atoms with Crippen LogP contribution in [0.15, 0.2) is 23.5 Å². The molecule has 5 heteroatoms. The number of Topliss-reactive ketones (excluding diaryl/α,β-unsaturated/α-hetero) is 1. The maximum Gasteiger partial charge on any atom is 0.303 e. The topological polar surface area (TPSA) is 72.8 Å². The lowest BCUT2D eigenvalue weighted by Crippen LogP contribution is -2.57. The second-order valence-electron chi connectivity index (χ2n) is 10.1. The van der Waals surface area contributed by atoms with Crippen molar-refractivity contribution in [2.45, 2.75) is 71.3 Å². The Morgan fingerprint density at radius 2 is 1.90 bits per heavy atom. The van der Waals surface area contributed by atoms with Crippen LogP contribution >= 0.6 is 0 Å². The molecule has 0 saturated heterocycles. The minimum Gasteiger partial charge on any atom is -0.501 e. The molecule has 0 radical (unpaired) electrons. The van der Waals surface area contributed by atoms with Gasteiger partial charge < -0.3 is 14.6 Å². The fourth-order valence-corrected chi connectivity index (χ4v) is 7.22. The highest BCUT2D eigenvalue weighted by Gasteiger charge is 2.65. The molecule has 29 heavy (non-hydrogen) atoms. The summed E-state index contributed by atoms with van der Waals surface area (Å²) < 4.78 is 10.5. The molecule has 6 atom stereocenters. The van der Waals surface area contributed by atoms with E-state index in [1.165, 1.54) is 12.5 Å². The summed E-state index contributed by atoms with van der Waals surface area (Å²) in [6.07, 6.45) is 10.9. The van der Waals surface area contributed by atoms with Gasteiger partial charge in [0.15, 0.2) is 6.61 Å². The van der Waals surface area contributed by atoms with Gasteiger partial charge in [-0.3, -0.25) is 9.59 Å². The highest BCUT2D eigenvalue weighted by atomic mass is 16.5. The molecule has 0 aromatic rings. The SMILES string of the molecule is COC1=CC2=CC[C@@H]3[C@H](CC[C@]4(C)[C@H]3CC[C@]4(O)C(=O)COC(C)=O)[C@]2(C)CC1. The summed E-state index contributed by atoms with van der Waals surface area (Å²) in [6, 6.07) is 0. The molecular formula is C24H34O5. The molecule has 0 unspecified atom stereocenters. The zero-order chi connectivity index (χ0) is 21.0. The van der Waals surface area contributed by atoms with Gasteiger partial charge in [0.2, 0.25) is 5.78 Å². The van der Waals surface area contributed by atoms with Gasteiger partial charge in [0.25, 0.3) is 0 Å². The third kappa shape index (κ3) is 2.91. The first-order chi connectivity index (χ1) is 13.7. The van der Waals surface area contributed by atoms with Gasteiger partial charge in [0.1, 0.15) is 5.60 Å². The molecule has 0 aliphatic heterocycles. The van der Waals surface area contributed by atoms with Crippen molar-refractivity contribution >= 4 is 11.8 Å². The molecule has 0 amide bonds. The molecule has 2 fully saturated rings. The van der Waals surface area contributed by atoms with Crippen LogP contribution in [-0.2, 0) is 19.1 Å². The summed E-state index contributed by atoms with van der Waals surface area (Å²) >= 11 is 0. The number of allylic oxidation sites excluding steroid dienone is 4. The Balaban J connectivity index is 1.61. The zero-order valence-corrected chi connectivity index (χ0v) is 18.1. The predicted octanol–water partition coefficient (Wildman–Crippen LogP) is 3.95. The lowest BCUT2D eigenvalue weighted by Gasteiger charge is -2.57. The first-order valence-electron chi connectivity index (χ1n) is 11.0. The number of carbonyl (C=O) groups is 2. The number of esters is 1. The van der Waals surface area contributed by atoms with Crippen LogP contribution in [-0.4, -0.2) is 36.2 Å². The van der Waals surface area contributed by atoms with Crippen molar-refractivity contribution in [3.63, 3.8) is 0 Å². The van der Waals surface area contributed by atoms with Crippen molar-refractivity contribution in [3.8, 4) is 0 Å². The number of fused-ring (bicyclic) bond motifs is 5. The van der Waals surface area contributed by atoms with E-state index in [4.69, 9.17) is 9.47 Å². The predicted molar refractivity (Wildman–Crippen MR) is 109 cm³/mol. The van der Waals surface area contributed by atoms with E-state index in [0.717, 1.165) is 44.3 Å². The van der Waals surface area contributed by atoms with Gasteiger partial charge in [-0.05, 0) is 73.3 Å². The first kappa shape index (κ1) is 20.6. The van der Waals surface area contributed by atoms with Crippen molar-refractivity contribution in [1.29, 1.82) is 0 Å². The molecular weight excluding hydrogens is 368 g/mol. The summed E-state index contributed by atoms with van der Waals surface area (Å²) in [4.78, 5) is 24.0. The molecule has 4 aliphatic carbocycles. The maximum atomic E-state index is 12.9. The number of rotatable bonds is 4. The summed E-state index contributed by atoms with van der Waals surface area (Å²) in [5.74, 6) is 1.62. The standard InChI is InChI=1S/C24H34O5/c1-15(25)29-14-21(26)24(27)12-9-20-18-6-5-16-13-17(28-4)7-10-22(16,2)19(18)8-11-23(20,24)3/h5,13,18-20,27H,6-12,14H2,1-4H3/t18-,19+,20+,22-,23-,24+/m1/s1. The van der Waals surface area contributed by atoms with Crippen molar-refractivity contribution < 1.29 is 24.2 Å². The van der Waals surface area contributed by atoms with Gasteiger partial charge in [0.05, 0.1) is 12.9 Å². The highest BCUT2D eigenvalue weighted by Crippen LogP contribution is 2.67. The molecule has 0 aromatic heterocycles. The molecule has 4 rings (SSSR count). The maximum absolute atomic E-state index is 12.9. The van der Waals surface area contributed by atoms with E-state index >= 15 is 0 Å². The number of aliphatic hydroxyl groups is 1. The third-order valence-corrected chi connectivity index (χ3v) is 9.01. The molecule has 0 heterocycles. The van der Waals surface area contributed by atoms with Crippen LogP contribution in [0, 0.1) is 28.6 Å². The lowest BCUT2D eigenvalue weighted by atomic mass is 9.47. The van der Waals surface area contributed by atoms with Crippen molar-refractivity contribution in [3.05, 3.63) is 23.5 Å². The van der Waals surface area contributed by atoms with Crippen LogP contribution in [0.25, 0.3) is 0 Å². The van der Waals surface area contributed by atoms with Crippen molar-refractivity contribution in [1.82, 2.24) is 0 Å². The van der Waals surface area contributed by atoms with Gasteiger partial charge in [-0.2, -0.15) is 0 Å². The van der Waals surface area contributed by atoms with E-state index in [1.807, 2.05) is 0 Å². The Morgan fingerprint density at radius 1 is 1.17 bits per heavy atom. The van der Waals surface area contributed by atoms with Crippen LogP contribution in [0.2, 0.25) is 0 Å². The quantitative estimate of drug-likeness (QED) is 0.721. The number of ketones is 1. The third-order valence-electron chi connectivity index (χ3n) is 9.01. The summed E-state index contributed by atoms with van der Waals surface area (Å²) in [5.41, 5.74) is -0.285. The summed E-state index contributed by atoms with van der Waals surface area (Å²) in [5, 5.41) is 11.5. The van der Waals surface area contributed by atoms with Gasteiger partial charge in [-0.25, -0.2) is 0 Å². The Bertz CT molecular complexity index is 782. The minimum atomic E-state index is -1.39. The van der Waals surface area contributed by atoms with Crippen LogP contribution in [0.1, 0.15) is 65.7 Å². The van der Waals surface area contributed by atoms with E-state index in [9.17, 15) is 14.7 Å². The van der Waals surface area contributed by atoms with Crippen LogP contribution in [0.5, 0.6) is 0 Å². The van der Waals surface area contributed by atoms with Crippen LogP contribution < -0.4 is 0 Å². The molecule has 0 bridgehead atoms.